The second-order valence-corrected chi connectivity index (χ2v) is 3.61. The van der Waals surface area contributed by atoms with E-state index in [2.05, 4.69) is 30.1 Å². The molecule has 0 spiro atoms. The van der Waals surface area contributed by atoms with Crippen molar-refractivity contribution in [2.75, 3.05) is 0 Å². The molecule has 0 fully saturated rings. The van der Waals surface area contributed by atoms with Crippen LogP contribution in [0.25, 0.3) is 0 Å². The molecule has 2 radical (unpaired) electrons. The van der Waals surface area contributed by atoms with Crippen molar-refractivity contribution < 1.29 is 0 Å². The van der Waals surface area contributed by atoms with Gasteiger partial charge in [-0.1, -0.05) is 39.5 Å². The Labute approximate surface area is 91.8 Å². The van der Waals surface area contributed by atoms with Crippen molar-refractivity contribution in [2.45, 2.75) is 44.8 Å². The molecule has 0 amide bonds. The lowest BCUT2D eigenvalue weighted by Gasteiger charge is -2.02. The zero-order valence-corrected chi connectivity index (χ0v) is 10.3. The van der Waals surface area contributed by atoms with Gasteiger partial charge < -0.3 is 0 Å². The van der Waals surface area contributed by atoms with Gasteiger partial charge in [0.1, 0.15) is 16.3 Å². The second kappa shape index (κ2) is 13.7. The Morgan fingerprint density at radius 2 is 1.55 bits per heavy atom. The lowest BCUT2D eigenvalue weighted by molar-refractivity contribution is 0.534. The molecule has 0 aromatic rings. The maximum absolute atomic E-state index is 2.77. The van der Waals surface area contributed by atoms with E-state index in [1.165, 1.54) is 31.0 Å². The molecule has 0 saturated carbocycles. The Bertz CT molecular complexity index is 58.1. The van der Waals surface area contributed by atoms with E-state index in [0.29, 0.717) is 0 Å². The molecule has 0 aliphatic heterocycles. The number of hydrogen-bond acceptors (Lipinski definition) is 0. The van der Waals surface area contributed by atoms with Gasteiger partial charge in [0, 0.05) is 0 Å². The first kappa shape index (κ1) is 18.0. The minimum Gasteiger partial charge on any atom is -0.147 e. The molecule has 0 nitrogen and oxygen atoms in total. The smallest absolute Gasteiger partial charge is 0.118 e. The fourth-order valence-electron chi connectivity index (χ4n) is 0.874. The average molecular weight is 213 g/mol. The third-order valence-corrected chi connectivity index (χ3v) is 1.89. The summed E-state index contributed by atoms with van der Waals surface area (Å²) in [6, 6.07) is 0. The molecule has 0 unspecified atom stereocenters. The van der Waals surface area contributed by atoms with E-state index in [-0.39, 0.29) is 24.8 Å². The summed E-state index contributed by atoms with van der Waals surface area (Å²) in [6.07, 6.45) is 5.63. The number of hydrogen-bond donors (Lipinski definition) is 0. The van der Waals surface area contributed by atoms with E-state index in [0.717, 1.165) is 5.92 Å². The van der Waals surface area contributed by atoms with Crippen molar-refractivity contribution in [3.8, 4) is 0 Å². The van der Waals surface area contributed by atoms with Gasteiger partial charge in [-0.25, -0.2) is 0 Å². The van der Waals surface area contributed by atoms with Crippen molar-refractivity contribution in [3.63, 3.8) is 0 Å². The van der Waals surface area contributed by atoms with Gasteiger partial charge in [0.05, 0.1) is 0 Å². The van der Waals surface area contributed by atoms with Crippen LogP contribution in [-0.4, -0.2) is 16.3 Å². The van der Waals surface area contributed by atoms with Crippen LogP contribution in [0.5, 0.6) is 0 Å². The Morgan fingerprint density at radius 1 is 1.00 bits per heavy atom. The monoisotopic (exact) mass is 212 g/mol. The van der Waals surface area contributed by atoms with Crippen molar-refractivity contribution in [2.24, 2.45) is 5.92 Å². The van der Waals surface area contributed by atoms with Crippen LogP contribution in [0.3, 0.4) is 0 Å². The number of rotatable bonds is 5. The molecule has 0 aromatic carbocycles. The van der Waals surface area contributed by atoms with E-state index in [4.69, 9.17) is 0 Å². The standard InChI is InChI=1S/C8H17.Al.2ClH/c1-4-5-6-7-8(2)3;;;/h8H,1,4-7H2,2-3H3;;2*1H. The van der Waals surface area contributed by atoms with Crippen LogP contribution in [0.4, 0.5) is 0 Å². The van der Waals surface area contributed by atoms with Crippen molar-refractivity contribution in [1.82, 2.24) is 0 Å². The zero-order valence-electron chi connectivity index (χ0n) is 7.51. The fourth-order valence-corrected chi connectivity index (χ4v) is 1.16. The number of halogens is 2. The van der Waals surface area contributed by atoms with Crippen LogP contribution in [0.2, 0.25) is 5.28 Å². The molecule has 0 rings (SSSR count). The Kier molecular flexibility index (Phi) is 22.4. The van der Waals surface area contributed by atoms with Gasteiger partial charge in [-0.05, 0) is 5.92 Å². The highest BCUT2D eigenvalue weighted by Gasteiger charge is 1.91. The Hall–Kier alpha value is 1.11. The van der Waals surface area contributed by atoms with Gasteiger partial charge in [-0.15, -0.1) is 30.1 Å². The van der Waals surface area contributed by atoms with E-state index >= 15 is 0 Å². The molecule has 0 aliphatic carbocycles. The summed E-state index contributed by atoms with van der Waals surface area (Å²) in [5, 5.41) is 1.28. The molecule has 0 bridgehead atoms. The minimum absolute atomic E-state index is 0. The summed E-state index contributed by atoms with van der Waals surface area (Å²) in [7, 11) is 0. The largest absolute Gasteiger partial charge is 0.147 e. The summed E-state index contributed by atoms with van der Waals surface area (Å²) in [5.41, 5.74) is 0. The molecule has 0 aromatic heterocycles. The van der Waals surface area contributed by atoms with Crippen LogP contribution in [0.1, 0.15) is 39.5 Å². The SMILES string of the molecule is CC(C)CCCC[CH2][Al].Cl.Cl. The maximum Gasteiger partial charge on any atom is 0.118 e. The summed E-state index contributed by atoms with van der Waals surface area (Å²) in [5.74, 6) is 0.898. The van der Waals surface area contributed by atoms with Crippen molar-refractivity contribution in [3.05, 3.63) is 0 Å². The van der Waals surface area contributed by atoms with Crippen LogP contribution in [0, 0.1) is 5.92 Å². The van der Waals surface area contributed by atoms with Gasteiger partial charge in [-0.2, -0.15) is 0 Å². The minimum atomic E-state index is 0. The highest BCUT2D eigenvalue weighted by atomic mass is 35.5. The van der Waals surface area contributed by atoms with Crippen LogP contribution in [-0.2, 0) is 0 Å². The molecule has 0 saturated heterocycles. The summed E-state index contributed by atoms with van der Waals surface area (Å²) < 4.78 is 0. The van der Waals surface area contributed by atoms with E-state index < -0.39 is 0 Å². The molecule has 68 valence electrons. The van der Waals surface area contributed by atoms with Gasteiger partial charge in [0.15, 0.2) is 0 Å². The Balaban J connectivity index is -0.000000320. The van der Waals surface area contributed by atoms with Crippen LogP contribution >= 0.6 is 24.8 Å². The molecule has 0 aliphatic rings. The third kappa shape index (κ3) is 18.2. The highest BCUT2D eigenvalue weighted by molar-refractivity contribution is 6.08. The lowest BCUT2D eigenvalue weighted by atomic mass is 10.1. The quantitative estimate of drug-likeness (QED) is 0.483. The van der Waals surface area contributed by atoms with Crippen LogP contribution < -0.4 is 0 Å². The van der Waals surface area contributed by atoms with Crippen LogP contribution in [0.15, 0.2) is 0 Å². The van der Waals surface area contributed by atoms with E-state index in [9.17, 15) is 0 Å². The Morgan fingerprint density at radius 3 is 1.91 bits per heavy atom. The lowest BCUT2D eigenvalue weighted by Crippen LogP contribution is -1.86. The molecule has 3 heteroatoms. The molecular weight excluding hydrogens is 194 g/mol. The summed E-state index contributed by atoms with van der Waals surface area (Å²) in [6.45, 7) is 4.58. The summed E-state index contributed by atoms with van der Waals surface area (Å²) >= 11 is 2.77. The average Bonchev–Trinajstić information content (AvgIpc) is 1.80. The van der Waals surface area contributed by atoms with E-state index in [1.54, 1.807) is 0 Å². The highest BCUT2D eigenvalue weighted by Crippen LogP contribution is 2.08. The first-order chi connectivity index (χ1) is 4.27. The maximum atomic E-state index is 2.77. The zero-order chi connectivity index (χ0) is 7.11. The van der Waals surface area contributed by atoms with Gasteiger partial charge in [0.25, 0.3) is 0 Å². The van der Waals surface area contributed by atoms with Gasteiger partial charge >= 0.3 is 0 Å². The summed E-state index contributed by atoms with van der Waals surface area (Å²) in [4.78, 5) is 0. The topological polar surface area (TPSA) is 0 Å². The second-order valence-electron chi connectivity index (χ2n) is 3.03. The molecular formula is C8H19AlCl2. The normalized spacial score (nSPS) is 8.64. The van der Waals surface area contributed by atoms with E-state index in [1.807, 2.05) is 0 Å². The van der Waals surface area contributed by atoms with Gasteiger partial charge in [-0.3, -0.25) is 0 Å². The molecule has 11 heavy (non-hydrogen) atoms. The van der Waals surface area contributed by atoms with Crippen molar-refractivity contribution >= 4 is 41.1 Å². The van der Waals surface area contributed by atoms with Gasteiger partial charge in [0.2, 0.25) is 0 Å². The predicted molar refractivity (Wildman–Crippen MR) is 58.4 cm³/mol. The first-order valence-electron chi connectivity index (χ1n) is 3.97. The fraction of sp³-hybridized carbons (Fsp3) is 1.00. The third-order valence-electron chi connectivity index (χ3n) is 1.49. The first-order valence-corrected chi connectivity index (χ1v) is 4.79. The number of unbranched alkanes of at least 4 members (excludes halogenated alkanes) is 2. The molecule has 0 heterocycles. The predicted octanol–water partition coefficient (Wildman–Crippen LogP) is 3.63. The van der Waals surface area contributed by atoms with Crippen molar-refractivity contribution in [1.29, 1.82) is 0 Å². The molecule has 0 N–H and O–H groups in total. The molecule has 0 atom stereocenters.